The van der Waals surface area contributed by atoms with Gasteiger partial charge in [0.05, 0.1) is 0 Å². The van der Waals surface area contributed by atoms with E-state index in [4.69, 9.17) is 0 Å². The summed E-state index contributed by atoms with van der Waals surface area (Å²) in [5.74, 6) is -0.330. The predicted molar refractivity (Wildman–Crippen MR) is 62.9 cm³/mol. The molecule has 1 amide bonds. The molecule has 88 valence electrons. The van der Waals surface area contributed by atoms with E-state index in [9.17, 15) is 13.8 Å². The van der Waals surface area contributed by atoms with Crippen LogP contribution in [0, 0.1) is 0 Å². The highest BCUT2D eigenvalue weighted by molar-refractivity contribution is 7.84. The highest BCUT2D eigenvalue weighted by Crippen LogP contribution is 1.95. The van der Waals surface area contributed by atoms with Gasteiger partial charge in [0, 0.05) is 46.7 Å². The van der Waals surface area contributed by atoms with Gasteiger partial charge >= 0.3 is 0 Å². The van der Waals surface area contributed by atoms with Crippen molar-refractivity contribution < 1.29 is 9.00 Å². The number of amides is 1. The van der Waals surface area contributed by atoms with Crippen LogP contribution >= 0.6 is 0 Å². The zero-order chi connectivity index (χ0) is 12.1. The molecule has 5 nitrogen and oxygen atoms in total. The molecule has 6 heteroatoms. The Kier molecular flexibility index (Phi) is 4.42. The first kappa shape index (κ1) is 12.6. The Hall–Kier alpha value is -1.43. The zero-order valence-corrected chi connectivity index (χ0v) is 9.97. The fraction of sp³-hybridized carbons (Fsp3) is 0.400. The van der Waals surface area contributed by atoms with Crippen molar-refractivity contribution in [3.8, 4) is 0 Å². The van der Waals surface area contributed by atoms with E-state index in [1.54, 1.807) is 13.2 Å². The van der Waals surface area contributed by atoms with Crippen molar-refractivity contribution in [3.63, 3.8) is 0 Å². The summed E-state index contributed by atoms with van der Waals surface area (Å²) >= 11 is 0. The van der Waals surface area contributed by atoms with Crippen molar-refractivity contribution in [2.75, 3.05) is 12.8 Å². The first-order valence-electron chi connectivity index (χ1n) is 4.80. The number of pyridine rings is 1. The number of aromatic amines is 1. The summed E-state index contributed by atoms with van der Waals surface area (Å²) in [7, 11) is -0.970. The molecule has 0 aromatic carbocycles. The molecule has 0 bridgehead atoms. The van der Waals surface area contributed by atoms with Gasteiger partial charge in [0.1, 0.15) is 0 Å². The minimum atomic E-state index is -0.970. The van der Waals surface area contributed by atoms with Crippen LogP contribution in [0.25, 0.3) is 0 Å². The lowest BCUT2D eigenvalue weighted by Gasteiger charge is -2.09. The van der Waals surface area contributed by atoms with Crippen LogP contribution < -0.4 is 10.9 Å². The molecule has 1 heterocycles. The monoisotopic (exact) mass is 242 g/mol. The summed E-state index contributed by atoms with van der Waals surface area (Å²) < 4.78 is 11.1. The SMILES string of the molecule is CC(CNC(=O)c1cc[nH]c(=O)c1)S(C)=O. The third-order valence-corrected chi connectivity index (χ3v) is 3.45. The van der Waals surface area contributed by atoms with Gasteiger partial charge in [0.25, 0.3) is 5.91 Å². The van der Waals surface area contributed by atoms with E-state index in [2.05, 4.69) is 10.3 Å². The Bertz CT molecular complexity index is 455. The molecule has 0 saturated carbocycles. The van der Waals surface area contributed by atoms with Crippen LogP contribution in [-0.4, -0.2) is 33.2 Å². The molecular formula is C10H14N2O3S. The largest absolute Gasteiger partial charge is 0.351 e. The van der Waals surface area contributed by atoms with Crippen LogP contribution in [0.2, 0.25) is 0 Å². The van der Waals surface area contributed by atoms with Crippen molar-refractivity contribution in [2.24, 2.45) is 0 Å². The van der Waals surface area contributed by atoms with Gasteiger partial charge < -0.3 is 10.3 Å². The number of H-pyrrole nitrogens is 1. The second kappa shape index (κ2) is 5.60. The Morgan fingerprint density at radius 1 is 1.62 bits per heavy atom. The number of carbonyl (C=O) groups is 1. The zero-order valence-electron chi connectivity index (χ0n) is 9.15. The number of aromatic nitrogens is 1. The fourth-order valence-electron chi connectivity index (χ4n) is 1.04. The quantitative estimate of drug-likeness (QED) is 0.772. The smallest absolute Gasteiger partial charge is 0.251 e. The topological polar surface area (TPSA) is 79.0 Å². The lowest BCUT2D eigenvalue weighted by Crippen LogP contribution is -2.33. The van der Waals surface area contributed by atoms with Gasteiger partial charge in [-0.05, 0) is 13.0 Å². The number of nitrogens with one attached hydrogen (secondary N) is 2. The van der Waals surface area contributed by atoms with Gasteiger partial charge in [-0.15, -0.1) is 0 Å². The van der Waals surface area contributed by atoms with Crippen LogP contribution in [-0.2, 0) is 10.8 Å². The number of hydrogen-bond donors (Lipinski definition) is 2. The lowest BCUT2D eigenvalue weighted by atomic mass is 10.2. The number of rotatable bonds is 4. The molecule has 0 aliphatic heterocycles. The normalized spacial score (nSPS) is 14.1. The molecule has 1 aromatic heterocycles. The van der Waals surface area contributed by atoms with Crippen LogP contribution in [0.4, 0.5) is 0 Å². The molecule has 2 unspecified atom stereocenters. The van der Waals surface area contributed by atoms with Crippen LogP contribution in [0.5, 0.6) is 0 Å². The first-order valence-corrected chi connectivity index (χ1v) is 6.42. The Morgan fingerprint density at radius 3 is 2.88 bits per heavy atom. The Morgan fingerprint density at radius 2 is 2.31 bits per heavy atom. The molecule has 0 aliphatic rings. The summed E-state index contributed by atoms with van der Waals surface area (Å²) in [6.07, 6.45) is 3.00. The maximum atomic E-state index is 11.6. The van der Waals surface area contributed by atoms with Gasteiger partial charge in [0.2, 0.25) is 5.56 Å². The van der Waals surface area contributed by atoms with Crippen molar-refractivity contribution in [3.05, 3.63) is 34.2 Å². The average Bonchev–Trinajstić information content (AvgIpc) is 2.25. The van der Waals surface area contributed by atoms with E-state index in [-0.39, 0.29) is 16.7 Å². The molecule has 0 aliphatic carbocycles. The predicted octanol–water partition coefficient (Wildman–Crippen LogP) is -0.128. The van der Waals surface area contributed by atoms with Crippen LogP contribution in [0.15, 0.2) is 23.1 Å². The van der Waals surface area contributed by atoms with Crippen LogP contribution in [0.3, 0.4) is 0 Å². The van der Waals surface area contributed by atoms with Crippen molar-refractivity contribution >= 4 is 16.7 Å². The second-order valence-electron chi connectivity index (χ2n) is 3.46. The molecular weight excluding hydrogens is 228 g/mol. The van der Waals surface area contributed by atoms with Gasteiger partial charge in [-0.1, -0.05) is 0 Å². The van der Waals surface area contributed by atoms with E-state index >= 15 is 0 Å². The molecule has 16 heavy (non-hydrogen) atoms. The summed E-state index contributed by atoms with van der Waals surface area (Å²) in [4.78, 5) is 24.9. The minimum absolute atomic E-state index is 0.106. The molecule has 0 saturated heterocycles. The fourth-order valence-corrected chi connectivity index (χ4v) is 1.36. The summed E-state index contributed by atoms with van der Waals surface area (Å²) in [5, 5.41) is 2.52. The summed E-state index contributed by atoms with van der Waals surface area (Å²) in [6.45, 7) is 2.11. The van der Waals surface area contributed by atoms with Crippen molar-refractivity contribution in [1.82, 2.24) is 10.3 Å². The molecule has 1 rings (SSSR count). The minimum Gasteiger partial charge on any atom is -0.351 e. The van der Waals surface area contributed by atoms with E-state index in [0.717, 1.165) is 0 Å². The van der Waals surface area contributed by atoms with E-state index in [1.807, 2.05) is 0 Å². The summed E-state index contributed by atoms with van der Waals surface area (Å²) in [5.41, 5.74) is -0.0161. The number of hydrogen-bond acceptors (Lipinski definition) is 3. The van der Waals surface area contributed by atoms with Gasteiger partial charge in [-0.3, -0.25) is 13.8 Å². The highest BCUT2D eigenvalue weighted by Gasteiger charge is 2.10. The second-order valence-corrected chi connectivity index (χ2v) is 5.26. The van der Waals surface area contributed by atoms with Crippen molar-refractivity contribution in [1.29, 1.82) is 0 Å². The maximum Gasteiger partial charge on any atom is 0.251 e. The standard InChI is InChI=1S/C10H14N2O3S/c1-7(16(2)15)6-12-10(14)8-3-4-11-9(13)5-8/h3-5,7H,6H2,1-2H3,(H,11,13)(H,12,14). The molecule has 0 fully saturated rings. The first-order chi connectivity index (χ1) is 7.50. The summed E-state index contributed by atoms with van der Waals surface area (Å²) in [6, 6.07) is 2.74. The molecule has 2 atom stereocenters. The third-order valence-electron chi connectivity index (χ3n) is 2.15. The molecule has 1 aromatic rings. The molecule has 0 radical (unpaired) electrons. The van der Waals surface area contributed by atoms with Gasteiger partial charge in [-0.2, -0.15) is 0 Å². The van der Waals surface area contributed by atoms with Crippen molar-refractivity contribution in [2.45, 2.75) is 12.2 Å². The van der Waals surface area contributed by atoms with E-state index in [1.165, 1.54) is 18.3 Å². The van der Waals surface area contributed by atoms with Gasteiger partial charge in [0.15, 0.2) is 0 Å². The van der Waals surface area contributed by atoms with E-state index in [0.29, 0.717) is 12.1 Å². The highest BCUT2D eigenvalue weighted by atomic mass is 32.2. The Labute approximate surface area is 95.7 Å². The van der Waals surface area contributed by atoms with Gasteiger partial charge in [-0.25, -0.2) is 0 Å². The lowest BCUT2D eigenvalue weighted by molar-refractivity contribution is 0.0954. The maximum absolute atomic E-state index is 11.6. The molecule has 0 spiro atoms. The average molecular weight is 242 g/mol. The molecule has 2 N–H and O–H groups in total. The van der Waals surface area contributed by atoms with Crippen LogP contribution in [0.1, 0.15) is 17.3 Å². The van der Waals surface area contributed by atoms with E-state index < -0.39 is 10.8 Å². The number of carbonyl (C=O) groups excluding carboxylic acids is 1. The third kappa shape index (κ3) is 3.62. The Balaban J connectivity index is 2.60.